The molecule has 1 spiro atoms. The largest absolute Gasteiger partial charge is 0.375 e. The maximum atomic E-state index is 13.0. The van der Waals surface area contributed by atoms with Gasteiger partial charge in [-0.15, -0.1) is 0 Å². The number of carbonyl (C=O) groups excluding carboxylic acids is 1. The second-order valence-electron chi connectivity index (χ2n) is 6.47. The predicted molar refractivity (Wildman–Crippen MR) is 83.5 cm³/mol. The Labute approximate surface area is 125 Å². The van der Waals surface area contributed by atoms with Gasteiger partial charge in [-0.1, -0.05) is 42.5 Å². The van der Waals surface area contributed by atoms with Crippen LogP contribution in [0.1, 0.15) is 42.5 Å². The molecule has 2 nitrogen and oxygen atoms in total. The molecule has 1 unspecified atom stereocenters. The Morgan fingerprint density at radius 2 is 1.90 bits per heavy atom. The highest BCUT2D eigenvalue weighted by Crippen LogP contribution is 2.45. The summed E-state index contributed by atoms with van der Waals surface area (Å²) in [5, 5.41) is 2.23. The molecule has 1 aliphatic heterocycles. The van der Waals surface area contributed by atoms with E-state index in [0.29, 0.717) is 5.78 Å². The van der Waals surface area contributed by atoms with Crippen LogP contribution in [-0.4, -0.2) is 18.0 Å². The van der Waals surface area contributed by atoms with E-state index in [2.05, 4.69) is 18.2 Å². The summed E-state index contributed by atoms with van der Waals surface area (Å²) in [6, 6.07) is 14.2. The Morgan fingerprint density at radius 3 is 2.71 bits per heavy atom. The second kappa shape index (κ2) is 4.96. The average Bonchev–Trinajstić information content (AvgIpc) is 2.52. The highest BCUT2D eigenvalue weighted by atomic mass is 16.5. The van der Waals surface area contributed by atoms with Gasteiger partial charge in [0.1, 0.15) is 0 Å². The third-order valence-corrected chi connectivity index (χ3v) is 5.18. The van der Waals surface area contributed by atoms with Crippen molar-refractivity contribution >= 4 is 16.6 Å². The summed E-state index contributed by atoms with van der Waals surface area (Å²) in [5.41, 5.74) is 0.915. The van der Waals surface area contributed by atoms with Crippen molar-refractivity contribution in [3.05, 3.63) is 48.0 Å². The van der Waals surface area contributed by atoms with Gasteiger partial charge in [-0.25, -0.2) is 0 Å². The lowest BCUT2D eigenvalue weighted by Crippen LogP contribution is -2.47. The van der Waals surface area contributed by atoms with Crippen LogP contribution in [0.3, 0.4) is 0 Å². The first-order chi connectivity index (χ1) is 10.3. The molecule has 0 amide bonds. The van der Waals surface area contributed by atoms with E-state index in [1.54, 1.807) is 0 Å². The van der Waals surface area contributed by atoms with Crippen molar-refractivity contribution in [1.82, 2.24) is 0 Å². The van der Waals surface area contributed by atoms with Crippen LogP contribution in [0.4, 0.5) is 0 Å². The van der Waals surface area contributed by atoms with Gasteiger partial charge in [-0.2, -0.15) is 0 Å². The zero-order chi connectivity index (χ0) is 14.3. The van der Waals surface area contributed by atoms with Crippen LogP contribution in [-0.2, 0) is 4.74 Å². The van der Waals surface area contributed by atoms with Crippen molar-refractivity contribution in [3.63, 3.8) is 0 Å². The van der Waals surface area contributed by atoms with Gasteiger partial charge in [0.15, 0.2) is 5.78 Å². The fourth-order valence-corrected chi connectivity index (χ4v) is 3.83. The molecule has 2 aliphatic rings. The first-order valence-corrected chi connectivity index (χ1v) is 7.93. The van der Waals surface area contributed by atoms with Crippen molar-refractivity contribution in [2.24, 2.45) is 5.92 Å². The van der Waals surface area contributed by atoms with Crippen LogP contribution < -0.4 is 0 Å². The van der Waals surface area contributed by atoms with E-state index >= 15 is 0 Å². The van der Waals surface area contributed by atoms with Gasteiger partial charge in [0, 0.05) is 18.1 Å². The number of benzene rings is 2. The summed E-state index contributed by atoms with van der Waals surface area (Å²) >= 11 is 0. The predicted octanol–water partition coefficient (Wildman–Crippen LogP) is 4.37. The summed E-state index contributed by atoms with van der Waals surface area (Å²) in [6.45, 7) is 0.737. The molecule has 1 saturated heterocycles. The monoisotopic (exact) mass is 280 g/mol. The molecule has 1 atom stereocenters. The molecule has 21 heavy (non-hydrogen) atoms. The zero-order valence-corrected chi connectivity index (χ0v) is 12.2. The Balaban J connectivity index is 1.67. The molecular weight excluding hydrogens is 260 g/mol. The maximum Gasteiger partial charge on any atom is 0.166 e. The molecule has 108 valence electrons. The van der Waals surface area contributed by atoms with E-state index in [4.69, 9.17) is 4.74 Å². The van der Waals surface area contributed by atoms with Crippen molar-refractivity contribution in [3.8, 4) is 0 Å². The Bertz CT molecular complexity index is 680. The SMILES string of the molecule is O=C(c1cccc2ccccc12)C1CCOC2(CCC2)C1. The standard InChI is InChI=1S/C19H20O2/c20-18(15-9-12-21-19(13-15)10-4-11-19)17-8-3-6-14-5-1-2-7-16(14)17/h1-3,5-8,15H,4,9-13H2. The minimum atomic E-state index is 0.0309. The number of ether oxygens (including phenoxy) is 1. The van der Waals surface area contributed by atoms with Crippen LogP contribution >= 0.6 is 0 Å². The first kappa shape index (κ1) is 13.0. The van der Waals surface area contributed by atoms with Gasteiger partial charge in [-0.05, 0) is 42.9 Å². The van der Waals surface area contributed by atoms with Gasteiger partial charge in [0.25, 0.3) is 0 Å². The lowest BCUT2D eigenvalue weighted by Gasteiger charge is -2.46. The van der Waals surface area contributed by atoms with Crippen molar-refractivity contribution in [2.75, 3.05) is 6.61 Å². The third-order valence-electron chi connectivity index (χ3n) is 5.18. The van der Waals surface area contributed by atoms with Crippen LogP contribution in [0.25, 0.3) is 10.8 Å². The van der Waals surface area contributed by atoms with Crippen molar-refractivity contribution < 1.29 is 9.53 Å². The van der Waals surface area contributed by atoms with Crippen LogP contribution in [0.2, 0.25) is 0 Å². The quantitative estimate of drug-likeness (QED) is 0.763. The van der Waals surface area contributed by atoms with E-state index in [1.807, 2.05) is 24.3 Å². The third kappa shape index (κ3) is 2.18. The number of hydrogen-bond donors (Lipinski definition) is 0. The molecule has 1 heterocycles. The lowest BCUT2D eigenvalue weighted by molar-refractivity contribution is -0.137. The van der Waals surface area contributed by atoms with E-state index in [0.717, 1.165) is 48.6 Å². The Morgan fingerprint density at radius 1 is 1.10 bits per heavy atom. The molecule has 2 heteroatoms. The van der Waals surface area contributed by atoms with Crippen LogP contribution in [0, 0.1) is 5.92 Å². The smallest absolute Gasteiger partial charge is 0.166 e. The highest BCUT2D eigenvalue weighted by Gasteiger charge is 2.44. The van der Waals surface area contributed by atoms with E-state index in [1.165, 1.54) is 6.42 Å². The number of carbonyl (C=O) groups is 1. The van der Waals surface area contributed by atoms with Crippen molar-refractivity contribution in [1.29, 1.82) is 0 Å². The molecule has 1 saturated carbocycles. The number of hydrogen-bond acceptors (Lipinski definition) is 2. The topological polar surface area (TPSA) is 26.3 Å². The lowest BCUT2D eigenvalue weighted by atomic mass is 9.70. The van der Waals surface area contributed by atoms with E-state index in [9.17, 15) is 4.79 Å². The summed E-state index contributed by atoms with van der Waals surface area (Å²) in [7, 11) is 0. The maximum absolute atomic E-state index is 13.0. The molecule has 2 fully saturated rings. The minimum Gasteiger partial charge on any atom is -0.375 e. The van der Waals surface area contributed by atoms with Gasteiger partial charge in [0.2, 0.25) is 0 Å². The molecule has 0 radical (unpaired) electrons. The normalized spacial score (nSPS) is 23.9. The number of Topliss-reactive ketones (excluding diaryl/α,β-unsaturated/α-hetero) is 1. The molecule has 2 aromatic carbocycles. The molecule has 2 aromatic rings. The minimum absolute atomic E-state index is 0.0309. The van der Waals surface area contributed by atoms with E-state index in [-0.39, 0.29) is 11.5 Å². The molecule has 0 bridgehead atoms. The van der Waals surface area contributed by atoms with Gasteiger partial charge in [0.05, 0.1) is 5.60 Å². The fraction of sp³-hybridized carbons (Fsp3) is 0.421. The molecular formula is C19H20O2. The number of ketones is 1. The Hall–Kier alpha value is -1.67. The van der Waals surface area contributed by atoms with Crippen molar-refractivity contribution in [2.45, 2.75) is 37.7 Å². The molecule has 0 aromatic heterocycles. The summed E-state index contributed by atoms with van der Waals surface area (Å²) in [6.07, 6.45) is 5.28. The van der Waals surface area contributed by atoms with Crippen LogP contribution in [0.5, 0.6) is 0 Å². The first-order valence-electron chi connectivity index (χ1n) is 7.93. The van der Waals surface area contributed by atoms with Gasteiger partial charge >= 0.3 is 0 Å². The summed E-state index contributed by atoms with van der Waals surface area (Å²) in [5.74, 6) is 0.436. The number of rotatable bonds is 2. The molecule has 0 N–H and O–H groups in total. The molecule has 4 rings (SSSR count). The van der Waals surface area contributed by atoms with Gasteiger partial charge in [-0.3, -0.25) is 4.79 Å². The highest BCUT2D eigenvalue weighted by molar-refractivity contribution is 6.09. The Kier molecular flexibility index (Phi) is 3.07. The van der Waals surface area contributed by atoms with E-state index < -0.39 is 0 Å². The fourth-order valence-electron chi connectivity index (χ4n) is 3.83. The number of fused-ring (bicyclic) bond motifs is 1. The zero-order valence-electron chi connectivity index (χ0n) is 12.2. The summed E-state index contributed by atoms with van der Waals surface area (Å²) in [4.78, 5) is 13.0. The second-order valence-corrected chi connectivity index (χ2v) is 6.47. The van der Waals surface area contributed by atoms with Crippen LogP contribution in [0.15, 0.2) is 42.5 Å². The average molecular weight is 280 g/mol. The van der Waals surface area contributed by atoms with Gasteiger partial charge < -0.3 is 4.74 Å². The summed E-state index contributed by atoms with van der Waals surface area (Å²) < 4.78 is 5.95. The molecule has 1 aliphatic carbocycles.